The van der Waals surface area contributed by atoms with Gasteiger partial charge in [0.2, 0.25) is 0 Å². The Hall–Kier alpha value is -2.62. The van der Waals surface area contributed by atoms with Crippen LogP contribution in [0.15, 0.2) is 47.6 Å². The monoisotopic (exact) mass is 328 g/mol. The largest absolute Gasteiger partial charge is 0.507 e. The zero-order valence-corrected chi connectivity index (χ0v) is 15.4. The lowest BCUT2D eigenvalue weighted by atomic mass is 10.1. The van der Waals surface area contributed by atoms with Crippen LogP contribution in [-0.4, -0.2) is 17.2 Å². The van der Waals surface area contributed by atoms with E-state index in [9.17, 15) is 9.90 Å². The van der Waals surface area contributed by atoms with Gasteiger partial charge in [0.15, 0.2) is 0 Å². The second-order valence-electron chi connectivity index (χ2n) is 4.58. The number of hydrazone groups is 1. The van der Waals surface area contributed by atoms with E-state index in [0.29, 0.717) is 11.1 Å². The van der Waals surface area contributed by atoms with Crippen LogP contribution in [0.5, 0.6) is 5.75 Å². The van der Waals surface area contributed by atoms with Gasteiger partial charge in [-0.1, -0.05) is 52.0 Å². The van der Waals surface area contributed by atoms with Crippen molar-refractivity contribution in [1.29, 1.82) is 0 Å². The van der Waals surface area contributed by atoms with Crippen molar-refractivity contribution in [1.82, 2.24) is 5.43 Å². The predicted molar refractivity (Wildman–Crippen MR) is 102 cm³/mol. The molecule has 2 N–H and O–H groups in total. The van der Waals surface area contributed by atoms with Crippen molar-refractivity contribution in [2.75, 3.05) is 0 Å². The maximum absolute atomic E-state index is 11.8. The number of phenols is 1. The van der Waals surface area contributed by atoms with Crippen LogP contribution in [0.4, 0.5) is 0 Å². The summed E-state index contributed by atoms with van der Waals surface area (Å²) >= 11 is 0. The Labute approximate surface area is 145 Å². The summed E-state index contributed by atoms with van der Waals surface area (Å²) in [4.78, 5) is 11.8. The molecule has 4 nitrogen and oxygen atoms in total. The summed E-state index contributed by atoms with van der Waals surface area (Å²) in [5.74, 6) is -0.112. The first-order valence-corrected chi connectivity index (χ1v) is 8.26. The summed E-state index contributed by atoms with van der Waals surface area (Å²) < 4.78 is 0. The van der Waals surface area contributed by atoms with Gasteiger partial charge in [-0.2, -0.15) is 5.10 Å². The number of hydrogen-bond acceptors (Lipinski definition) is 3. The Kier molecular flexibility index (Phi) is 10.6. The Morgan fingerprint density at radius 1 is 1.04 bits per heavy atom. The number of phenolic OH excluding ortho intramolecular Hbond substituents is 1. The van der Waals surface area contributed by atoms with Crippen molar-refractivity contribution in [2.45, 2.75) is 41.5 Å². The quantitative estimate of drug-likeness (QED) is 0.626. The van der Waals surface area contributed by atoms with E-state index in [1.165, 1.54) is 6.21 Å². The van der Waals surface area contributed by atoms with Crippen LogP contribution in [-0.2, 0) is 0 Å². The number of aromatic hydroxyl groups is 1. The van der Waals surface area contributed by atoms with Crippen molar-refractivity contribution in [3.05, 3.63) is 64.7 Å². The third-order valence-corrected chi connectivity index (χ3v) is 2.88. The van der Waals surface area contributed by atoms with Crippen LogP contribution in [0.2, 0.25) is 0 Å². The number of carbonyl (C=O) groups is 1. The fraction of sp³-hybridized carbons (Fsp3) is 0.300. The summed E-state index contributed by atoms with van der Waals surface area (Å²) in [7, 11) is 0. The third kappa shape index (κ3) is 6.65. The molecule has 0 saturated heterocycles. The van der Waals surface area contributed by atoms with Crippen LogP contribution >= 0.6 is 0 Å². The molecule has 0 heterocycles. The van der Waals surface area contributed by atoms with Crippen LogP contribution in [0, 0.1) is 13.8 Å². The lowest BCUT2D eigenvalue weighted by Gasteiger charge is -2.05. The molecule has 0 aliphatic heterocycles. The second kappa shape index (κ2) is 11.9. The first-order valence-electron chi connectivity index (χ1n) is 8.26. The molecule has 0 aliphatic carbocycles. The molecule has 24 heavy (non-hydrogen) atoms. The van der Waals surface area contributed by atoms with Gasteiger partial charge in [0.05, 0.1) is 6.21 Å². The van der Waals surface area contributed by atoms with Gasteiger partial charge >= 0.3 is 0 Å². The van der Waals surface area contributed by atoms with Crippen molar-refractivity contribution >= 4 is 12.1 Å². The molecule has 130 valence electrons. The molecular weight excluding hydrogens is 300 g/mol. The third-order valence-electron chi connectivity index (χ3n) is 2.88. The van der Waals surface area contributed by atoms with E-state index >= 15 is 0 Å². The number of nitrogens with zero attached hydrogens (tertiary/aromatic N) is 1. The van der Waals surface area contributed by atoms with Gasteiger partial charge in [0.1, 0.15) is 5.75 Å². The van der Waals surface area contributed by atoms with Crippen LogP contribution in [0.1, 0.15) is 54.7 Å². The first kappa shape index (κ1) is 21.4. The summed E-state index contributed by atoms with van der Waals surface area (Å²) in [5.41, 5.74) is 5.35. The normalized spacial score (nSPS) is 9.42. The van der Waals surface area contributed by atoms with Gasteiger partial charge < -0.3 is 5.11 Å². The smallest absolute Gasteiger partial charge is 0.271 e. The number of benzene rings is 2. The number of carbonyl (C=O) groups excluding carboxylic acids is 1. The van der Waals surface area contributed by atoms with Gasteiger partial charge in [-0.25, -0.2) is 5.43 Å². The topological polar surface area (TPSA) is 61.7 Å². The molecule has 0 atom stereocenters. The Balaban J connectivity index is 0.00000123. The Morgan fingerprint density at radius 3 is 2.21 bits per heavy atom. The fourth-order valence-corrected chi connectivity index (χ4v) is 1.91. The van der Waals surface area contributed by atoms with Gasteiger partial charge in [0.25, 0.3) is 5.91 Å². The van der Waals surface area contributed by atoms with E-state index in [-0.39, 0.29) is 11.7 Å². The first-order chi connectivity index (χ1) is 11.6. The zero-order chi connectivity index (χ0) is 18.5. The SMILES string of the molecule is CC.CC.Cc1cc(C)c(O)c(/C=N/NC(=O)c2ccccc2)c1. The highest BCUT2D eigenvalue weighted by molar-refractivity contribution is 5.95. The Bertz CT molecular complexity index is 650. The van der Waals surface area contributed by atoms with Gasteiger partial charge in [0, 0.05) is 11.1 Å². The summed E-state index contributed by atoms with van der Waals surface area (Å²) in [5, 5.41) is 13.8. The highest BCUT2D eigenvalue weighted by Gasteiger charge is 2.04. The molecular formula is C20H28N2O2. The maximum atomic E-state index is 11.8. The number of aryl methyl sites for hydroxylation is 2. The van der Waals surface area contributed by atoms with Gasteiger partial charge in [-0.05, 0) is 43.2 Å². The minimum absolute atomic E-state index is 0.174. The molecule has 1 amide bonds. The van der Waals surface area contributed by atoms with Crippen molar-refractivity contribution in [2.24, 2.45) is 5.10 Å². The van der Waals surface area contributed by atoms with Crippen LogP contribution in [0.3, 0.4) is 0 Å². The average molecular weight is 328 g/mol. The lowest BCUT2D eigenvalue weighted by Crippen LogP contribution is -2.17. The van der Waals surface area contributed by atoms with Gasteiger partial charge in [-0.15, -0.1) is 0 Å². The molecule has 0 bridgehead atoms. The standard InChI is InChI=1S/C16H16N2O2.2C2H6/c1-11-8-12(2)15(19)14(9-11)10-17-18-16(20)13-6-4-3-5-7-13;2*1-2/h3-10,19H,1-2H3,(H,18,20);2*1-2H3/b17-10+;;. The molecule has 2 aromatic carbocycles. The molecule has 2 aromatic rings. The summed E-state index contributed by atoms with van der Waals surface area (Å²) in [6, 6.07) is 12.5. The highest BCUT2D eigenvalue weighted by Crippen LogP contribution is 2.21. The van der Waals surface area contributed by atoms with Crippen LogP contribution < -0.4 is 5.43 Å². The minimum Gasteiger partial charge on any atom is -0.507 e. The molecule has 4 heteroatoms. The molecule has 2 rings (SSSR count). The number of hydrogen-bond donors (Lipinski definition) is 2. The number of rotatable bonds is 3. The molecule has 0 saturated carbocycles. The number of amides is 1. The average Bonchev–Trinajstić information content (AvgIpc) is 2.63. The highest BCUT2D eigenvalue weighted by atomic mass is 16.3. The molecule has 0 unspecified atom stereocenters. The predicted octanol–water partition coefficient (Wildman–Crippen LogP) is 4.83. The van der Waals surface area contributed by atoms with E-state index in [0.717, 1.165) is 11.1 Å². The van der Waals surface area contributed by atoms with E-state index in [1.54, 1.807) is 30.3 Å². The van der Waals surface area contributed by atoms with Crippen molar-refractivity contribution in [3.8, 4) is 5.75 Å². The molecule has 0 aromatic heterocycles. The van der Waals surface area contributed by atoms with E-state index in [2.05, 4.69) is 10.5 Å². The minimum atomic E-state index is -0.286. The molecule has 0 fully saturated rings. The Morgan fingerprint density at radius 2 is 1.62 bits per heavy atom. The number of nitrogens with one attached hydrogen (secondary N) is 1. The van der Waals surface area contributed by atoms with Crippen LogP contribution in [0.25, 0.3) is 0 Å². The van der Waals surface area contributed by atoms with Crippen molar-refractivity contribution in [3.63, 3.8) is 0 Å². The van der Waals surface area contributed by atoms with E-state index in [1.807, 2.05) is 53.7 Å². The van der Waals surface area contributed by atoms with Crippen molar-refractivity contribution < 1.29 is 9.90 Å². The maximum Gasteiger partial charge on any atom is 0.271 e. The molecule has 0 radical (unpaired) electrons. The van der Waals surface area contributed by atoms with Gasteiger partial charge in [-0.3, -0.25) is 4.79 Å². The summed E-state index contributed by atoms with van der Waals surface area (Å²) in [6.45, 7) is 11.8. The fourth-order valence-electron chi connectivity index (χ4n) is 1.91. The molecule has 0 aliphatic rings. The summed E-state index contributed by atoms with van der Waals surface area (Å²) in [6.07, 6.45) is 1.44. The molecule has 0 spiro atoms. The second-order valence-corrected chi connectivity index (χ2v) is 4.58. The lowest BCUT2D eigenvalue weighted by molar-refractivity contribution is 0.0955. The van der Waals surface area contributed by atoms with E-state index in [4.69, 9.17) is 0 Å². The van der Waals surface area contributed by atoms with E-state index < -0.39 is 0 Å². The zero-order valence-electron chi connectivity index (χ0n) is 15.4.